The quantitative estimate of drug-likeness (QED) is 0.338. The van der Waals surface area contributed by atoms with Crippen molar-refractivity contribution in [3.63, 3.8) is 0 Å². The van der Waals surface area contributed by atoms with Crippen LogP contribution in [-0.4, -0.2) is 12.6 Å². The van der Waals surface area contributed by atoms with Gasteiger partial charge in [-0.1, -0.05) is 70.5 Å². The number of nitrogens with zero attached hydrogens (tertiary/aromatic N) is 1. The van der Waals surface area contributed by atoms with Gasteiger partial charge in [0.05, 0.1) is 6.61 Å². The molecule has 116 valence electrons. The SMILES string of the molecule is CCOC(=O)/C(C#N)=C(/c1ccccc1)c1ccc(CBr)cc1. The fraction of sp³-hybridized carbons (Fsp3) is 0.158. The third kappa shape index (κ3) is 4.08. The third-order valence-electron chi connectivity index (χ3n) is 3.30. The van der Waals surface area contributed by atoms with E-state index in [1.807, 2.05) is 60.7 Å². The molecule has 0 amide bonds. The first-order valence-electron chi connectivity index (χ1n) is 7.23. The standard InChI is InChI=1S/C19H16BrNO2/c1-2-23-19(22)17(13-21)18(15-6-4-3-5-7-15)16-10-8-14(12-20)9-11-16/h3-11H,2,12H2,1H3/b18-17-. The molecule has 0 unspecified atom stereocenters. The minimum absolute atomic E-state index is 0.0182. The van der Waals surface area contributed by atoms with Crippen LogP contribution in [0.15, 0.2) is 60.2 Å². The molecule has 0 atom stereocenters. The van der Waals surface area contributed by atoms with Gasteiger partial charge in [0.1, 0.15) is 11.6 Å². The molecule has 0 aliphatic carbocycles. The molecular formula is C19H16BrNO2. The maximum Gasteiger partial charge on any atom is 0.349 e. The Balaban J connectivity index is 2.64. The van der Waals surface area contributed by atoms with Gasteiger partial charge in [0.25, 0.3) is 0 Å². The molecule has 2 aromatic rings. The predicted octanol–water partition coefficient (Wildman–Crippen LogP) is 4.47. The zero-order valence-electron chi connectivity index (χ0n) is 12.8. The Kier molecular flexibility index (Phi) is 6.13. The van der Waals surface area contributed by atoms with Gasteiger partial charge in [-0.25, -0.2) is 4.79 Å². The highest BCUT2D eigenvalue weighted by molar-refractivity contribution is 9.08. The lowest BCUT2D eigenvalue weighted by atomic mass is 9.93. The number of carbonyl (C=O) groups is 1. The molecule has 3 nitrogen and oxygen atoms in total. The van der Waals surface area contributed by atoms with Gasteiger partial charge in [-0.2, -0.15) is 5.26 Å². The lowest BCUT2D eigenvalue weighted by Gasteiger charge is -2.12. The summed E-state index contributed by atoms with van der Waals surface area (Å²) in [5.74, 6) is -0.599. The number of halogens is 1. The zero-order valence-corrected chi connectivity index (χ0v) is 14.3. The van der Waals surface area contributed by atoms with Crippen LogP contribution in [0.2, 0.25) is 0 Å². The average Bonchev–Trinajstić information content (AvgIpc) is 2.60. The van der Waals surface area contributed by atoms with Crippen LogP contribution in [0.5, 0.6) is 0 Å². The van der Waals surface area contributed by atoms with Crippen molar-refractivity contribution in [3.8, 4) is 6.07 Å². The first-order chi connectivity index (χ1) is 11.2. The van der Waals surface area contributed by atoms with Crippen LogP contribution in [0.25, 0.3) is 5.57 Å². The first kappa shape index (κ1) is 17.0. The summed E-state index contributed by atoms with van der Waals surface area (Å²) < 4.78 is 5.04. The Labute approximate surface area is 144 Å². The summed E-state index contributed by atoms with van der Waals surface area (Å²) in [4.78, 5) is 12.2. The molecule has 0 saturated heterocycles. The van der Waals surface area contributed by atoms with E-state index in [0.717, 1.165) is 22.0 Å². The van der Waals surface area contributed by atoms with Crippen LogP contribution >= 0.6 is 15.9 Å². The largest absolute Gasteiger partial charge is 0.462 e. The van der Waals surface area contributed by atoms with Gasteiger partial charge in [0.2, 0.25) is 0 Å². The number of carbonyl (C=O) groups excluding carboxylic acids is 1. The lowest BCUT2D eigenvalue weighted by Crippen LogP contribution is -2.09. The smallest absolute Gasteiger partial charge is 0.349 e. The van der Waals surface area contributed by atoms with E-state index in [-0.39, 0.29) is 12.2 Å². The molecule has 0 aliphatic heterocycles. The number of alkyl halides is 1. The van der Waals surface area contributed by atoms with Crippen molar-refractivity contribution in [1.29, 1.82) is 5.26 Å². The van der Waals surface area contributed by atoms with Crippen LogP contribution in [-0.2, 0) is 14.9 Å². The van der Waals surface area contributed by atoms with Crippen molar-refractivity contribution < 1.29 is 9.53 Å². The van der Waals surface area contributed by atoms with Gasteiger partial charge in [-0.15, -0.1) is 0 Å². The predicted molar refractivity (Wildman–Crippen MR) is 93.8 cm³/mol. The molecule has 0 bridgehead atoms. The normalized spacial score (nSPS) is 11.3. The van der Waals surface area contributed by atoms with Gasteiger partial charge in [-0.05, 0) is 23.6 Å². The number of nitriles is 1. The molecule has 0 saturated carbocycles. The maximum atomic E-state index is 12.2. The molecule has 0 radical (unpaired) electrons. The number of ether oxygens (including phenoxy) is 1. The molecule has 0 fully saturated rings. The Morgan fingerprint density at radius 1 is 1.09 bits per heavy atom. The van der Waals surface area contributed by atoms with E-state index in [1.54, 1.807) is 6.92 Å². The Morgan fingerprint density at radius 3 is 2.22 bits per heavy atom. The number of hydrogen-bond acceptors (Lipinski definition) is 3. The van der Waals surface area contributed by atoms with Gasteiger partial charge >= 0.3 is 5.97 Å². The van der Waals surface area contributed by atoms with E-state index in [9.17, 15) is 10.1 Å². The molecule has 2 rings (SSSR count). The molecule has 0 aliphatic rings. The highest BCUT2D eigenvalue weighted by atomic mass is 79.9. The van der Waals surface area contributed by atoms with E-state index < -0.39 is 5.97 Å². The molecule has 2 aromatic carbocycles. The summed E-state index contributed by atoms with van der Waals surface area (Å²) >= 11 is 3.41. The fourth-order valence-electron chi connectivity index (χ4n) is 2.23. The lowest BCUT2D eigenvalue weighted by molar-refractivity contribution is -0.137. The van der Waals surface area contributed by atoms with Crippen LogP contribution in [0.3, 0.4) is 0 Å². The van der Waals surface area contributed by atoms with Crippen molar-refractivity contribution in [2.24, 2.45) is 0 Å². The van der Waals surface area contributed by atoms with Crippen LogP contribution in [0.4, 0.5) is 0 Å². The highest BCUT2D eigenvalue weighted by Crippen LogP contribution is 2.28. The molecule has 23 heavy (non-hydrogen) atoms. The number of rotatable bonds is 5. The van der Waals surface area contributed by atoms with Crippen LogP contribution < -0.4 is 0 Å². The summed E-state index contributed by atoms with van der Waals surface area (Å²) in [6.07, 6.45) is 0. The maximum absolute atomic E-state index is 12.2. The van der Waals surface area contributed by atoms with Crippen LogP contribution in [0, 0.1) is 11.3 Å². The minimum atomic E-state index is -0.599. The molecule has 0 N–H and O–H groups in total. The van der Waals surface area contributed by atoms with E-state index in [4.69, 9.17) is 4.74 Å². The van der Waals surface area contributed by atoms with Gasteiger partial charge in [0, 0.05) is 10.9 Å². The van der Waals surface area contributed by atoms with Gasteiger partial charge in [-0.3, -0.25) is 0 Å². The molecular weight excluding hydrogens is 354 g/mol. The van der Waals surface area contributed by atoms with E-state index in [1.165, 1.54) is 0 Å². The summed E-state index contributed by atoms with van der Waals surface area (Å²) in [6, 6.07) is 19.2. The van der Waals surface area contributed by atoms with Gasteiger partial charge < -0.3 is 4.74 Å². The Morgan fingerprint density at radius 2 is 1.70 bits per heavy atom. The van der Waals surface area contributed by atoms with Crippen molar-refractivity contribution in [1.82, 2.24) is 0 Å². The highest BCUT2D eigenvalue weighted by Gasteiger charge is 2.19. The van der Waals surface area contributed by atoms with Crippen molar-refractivity contribution in [3.05, 3.63) is 76.9 Å². The first-order valence-corrected chi connectivity index (χ1v) is 8.35. The minimum Gasteiger partial charge on any atom is -0.462 e. The molecule has 4 heteroatoms. The molecule has 0 heterocycles. The average molecular weight is 370 g/mol. The second-order valence-corrected chi connectivity index (χ2v) is 5.34. The molecule has 0 spiro atoms. The number of hydrogen-bond donors (Lipinski definition) is 0. The van der Waals surface area contributed by atoms with Gasteiger partial charge in [0.15, 0.2) is 0 Å². The fourth-order valence-corrected chi connectivity index (χ4v) is 2.60. The third-order valence-corrected chi connectivity index (χ3v) is 3.95. The molecule has 0 aromatic heterocycles. The number of esters is 1. The second kappa shape index (κ2) is 8.30. The van der Waals surface area contributed by atoms with Crippen molar-refractivity contribution in [2.45, 2.75) is 12.3 Å². The van der Waals surface area contributed by atoms with Crippen molar-refractivity contribution in [2.75, 3.05) is 6.61 Å². The summed E-state index contributed by atoms with van der Waals surface area (Å²) in [7, 11) is 0. The van der Waals surface area contributed by atoms with E-state index in [2.05, 4.69) is 15.9 Å². The summed E-state index contributed by atoms with van der Waals surface area (Å²) in [5, 5.41) is 10.3. The monoisotopic (exact) mass is 369 g/mol. The topological polar surface area (TPSA) is 50.1 Å². The van der Waals surface area contributed by atoms with E-state index in [0.29, 0.717) is 5.57 Å². The second-order valence-electron chi connectivity index (χ2n) is 4.78. The van der Waals surface area contributed by atoms with E-state index >= 15 is 0 Å². The Hall–Kier alpha value is -2.38. The summed E-state index contributed by atoms with van der Waals surface area (Å²) in [5.41, 5.74) is 3.35. The summed E-state index contributed by atoms with van der Waals surface area (Å²) in [6.45, 7) is 1.95. The Bertz CT molecular complexity index is 743. The number of benzene rings is 2. The van der Waals surface area contributed by atoms with Crippen molar-refractivity contribution >= 4 is 27.5 Å². The van der Waals surface area contributed by atoms with Crippen LogP contribution in [0.1, 0.15) is 23.6 Å². The zero-order chi connectivity index (χ0) is 16.7.